The van der Waals surface area contributed by atoms with Crippen LogP contribution in [0.2, 0.25) is 0 Å². The first kappa shape index (κ1) is 16.5. The van der Waals surface area contributed by atoms with Crippen molar-refractivity contribution >= 4 is 0 Å². The van der Waals surface area contributed by atoms with E-state index >= 15 is 0 Å². The van der Waals surface area contributed by atoms with Gasteiger partial charge < -0.3 is 0 Å². The molecule has 0 saturated carbocycles. The number of benzene rings is 2. The Hall–Kier alpha value is -1.93. The standard InChI is InChI=1S/C23H26FN/c24-21-13-11-18(12-14-21)9-10-20-15-22-7-4-8-23(16-20)25(22)17-19-5-2-1-3-6-19/h1-3,5-6,11-15,22-23H,4,7-10,16-17H2. The molecule has 25 heavy (non-hydrogen) atoms. The Morgan fingerprint density at radius 1 is 0.880 bits per heavy atom. The summed E-state index contributed by atoms with van der Waals surface area (Å²) in [5.41, 5.74) is 4.25. The molecule has 2 aromatic rings. The second-order valence-electron chi connectivity index (χ2n) is 7.47. The molecule has 0 N–H and O–H groups in total. The van der Waals surface area contributed by atoms with E-state index in [9.17, 15) is 4.39 Å². The van der Waals surface area contributed by atoms with Gasteiger partial charge in [0.05, 0.1) is 0 Å². The Bertz CT molecular complexity index is 720. The zero-order chi connectivity index (χ0) is 17.1. The molecule has 2 atom stereocenters. The van der Waals surface area contributed by atoms with E-state index in [0.29, 0.717) is 12.1 Å². The first-order valence-corrected chi connectivity index (χ1v) is 9.51. The Morgan fingerprint density at radius 2 is 1.68 bits per heavy atom. The zero-order valence-corrected chi connectivity index (χ0v) is 14.7. The van der Waals surface area contributed by atoms with E-state index in [0.717, 1.165) is 19.4 Å². The molecule has 130 valence electrons. The van der Waals surface area contributed by atoms with Crippen molar-refractivity contribution < 1.29 is 4.39 Å². The molecular weight excluding hydrogens is 309 g/mol. The van der Waals surface area contributed by atoms with Gasteiger partial charge in [-0.15, -0.1) is 0 Å². The zero-order valence-electron chi connectivity index (χ0n) is 14.7. The topological polar surface area (TPSA) is 3.24 Å². The summed E-state index contributed by atoms with van der Waals surface area (Å²) in [5, 5.41) is 0. The van der Waals surface area contributed by atoms with Gasteiger partial charge in [-0.3, -0.25) is 4.90 Å². The fourth-order valence-corrected chi connectivity index (χ4v) is 4.39. The third-order valence-electron chi connectivity index (χ3n) is 5.71. The van der Waals surface area contributed by atoms with Gasteiger partial charge in [0.1, 0.15) is 5.82 Å². The number of rotatable bonds is 5. The number of halogens is 1. The fourth-order valence-electron chi connectivity index (χ4n) is 4.39. The summed E-state index contributed by atoms with van der Waals surface area (Å²) in [5.74, 6) is -0.147. The van der Waals surface area contributed by atoms with Crippen LogP contribution < -0.4 is 0 Å². The van der Waals surface area contributed by atoms with Crippen LogP contribution in [0.5, 0.6) is 0 Å². The monoisotopic (exact) mass is 335 g/mol. The van der Waals surface area contributed by atoms with Crippen molar-refractivity contribution in [3.63, 3.8) is 0 Å². The van der Waals surface area contributed by atoms with Gasteiger partial charge in [0, 0.05) is 18.6 Å². The molecule has 2 unspecified atom stereocenters. The van der Waals surface area contributed by atoms with Crippen LogP contribution in [0.15, 0.2) is 66.2 Å². The van der Waals surface area contributed by atoms with Crippen LogP contribution in [-0.4, -0.2) is 17.0 Å². The van der Waals surface area contributed by atoms with Crippen LogP contribution in [0.25, 0.3) is 0 Å². The first-order valence-electron chi connectivity index (χ1n) is 9.51. The Morgan fingerprint density at radius 3 is 2.44 bits per heavy atom. The van der Waals surface area contributed by atoms with Crippen LogP contribution in [0.3, 0.4) is 0 Å². The third-order valence-corrected chi connectivity index (χ3v) is 5.71. The first-order chi connectivity index (χ1) is 12.3. The highest BCUT2D eigenvalue weighted by atomic mass is 19.1. The van der Waals surface area contributed by atoms with E-state index in [1.165, 1.54) is 36.8 Å². The maximum atomic E-state index is 13.0. The predicted molar refractivity (Wildman–Crippen MR) is 101 cm³/mol. The molecule has 0 aliphatic carbocycles. The maximum absolute atomic E-state index is 13.0. The maximum Gasteiger partial charge on any atom is 0.123 e. The molecule has 0 aromatic heterocycles. The summed E-state index contributed by atoms with van der Waals surface area (Å²) >= 11 is 0. The number of hydrogen-bond donors (Lipinski definition) is 0. The van der Waals surface area contributed by atoms with Gasteiger partial charge in [-0.2, -0.15) is 0 Å². The van der Waals surface area contributed by atoms with Crippen molar-refractivity contribution in [2.45, 2.75) is 57.2 Å². The van der Waals surface area contributed by atoms with Crippen LogP contribution in [-0.2, 0) is 13.0 Å². The summed E-state index contributed by atoms with van der Waals surface area (Å²) in [4.78, 5) is 2.71. The van der Waals surface area contributed by atoms with Crippen molar-refractivity contribution in [1.29, 1.82) is 0 Å². The van der Waals surface area contributed by atoms with Gasteiger partial charge in [-0.25, -0.2) is 4.39 Å². The lowest BCUT2D eigenvalue weighted by molar-refractivity contribution is 0.0877. The second kappa shape index (κ2) is 7.53. The van der Waals surface area contributed by atoms with Gasteiger partial charge in [0.2, 0.25) is 0 Å². The van der Waals surface area contributed by atoms with Crippen LogP contribution >= 0.6 is 0 Å². The van der Waals surface area contributed by atoms with E-state index in [1.807, 2.05) is 12.1 Å². The van der Waals surface area contributed by atoms with Gasteiger partial charge in [-0.05, 0) is 55.4 Å². The number of aryl methyl sites for hydroxylation is 1. The van der Waals surface area contributed by atoms with Crippen LogP contribution in [0, 0.1) is 5.82 Å². The predicted octanol–water partition coefficient (Wildman–Crippen LogP) is 5.51. The van der Waals surface area contributed by atoms with Crippen LogP contribution in [0.1, 0.15) is 43.2 Å². The lowest BCUT2D eigenvalue weighted by Gasteiger charge is -2.45. The van der Waals surface area contributed by atoms with Crippen molar-refractivity contribution in [2.75, 3.05) is 0 Å². The molecule has 1 nitrogen and oxygen atoms in total. The molecule has 1 fully saturated rings. The highest BCUT2D eigenvalue weighted by Gasteiger charge is 2.33. The quantitative estimate of drug-likeness (QED) is 0.651. The minimum atomic E-state index is -0.147. The van der Waals surface area contributed by atoms with Gasteiger partial charge >= 0.3 is 0 Å². The SMILES string of the molecule is Fc1ccc(CCC2=CC3CCCC(C2)N3Cc2ccccc2)cc1. The molecule has 2 aliphatic rings. The third kappa shape index (κ3) is 4.01. The van der Waals surface area contributed by atoms with Gasteiger partial charge in [-0.1, -0.05) is 60.5 Å². The van der Waals surface area contributed by atoms with E-state index in [2.05, 4.69) is 41.3 Å². The van der Waals surface area contributed by atoms with E-state index in [-0.39, 0.29) is 5.82 Å². The molecular formula is C23H26FN. The number of hydrogen-bond acceptors (Lipinski definition) is 1. The molecule has 0 radical (unpaired) electrons. The number of nitrogens with zero attached hydrogens (tertiary/aromatic N) is 1. The van der Waals surface area contributed by atoms with Crippen molar-refractivity contribution in [1.82, 2.24) is 4.90 Å². The molecule has 2 bridgehead atoms. The van der Waals surface area contributed by atoms with Crippen molar-refractivity contribution in [3.05, 3.63) is 83.2 Å². The summed E-state index contributed by atoms with van der Waals surface area (Å²) in [7, 11) is 0. The lowest BCUT2D eigenvalue weighted by Crippen LogP contribution is -2.48. The summed E-state index contributed by atoms with van der Waals surface area (Å²) in [6.45, 7) is 1.07. The highest BCUT2D eigenvalue weighted by molar-refractivity contribution is 5.22. The smallest absolute Gasteiger partial charge is 0.123 e. The average Bonchev–Trinajstić information content (AvgIpc) is 2.62. The molecule has 2 heterocycles. The summed E-state index contributed by atoms with van der Waals surface area (Å²) in [6.07, 6.45) is 9.80. The van der Waals surface area contributed by atoms with E-state index in [4.69, 9.17) is 0 Å². The normalized spacial score (nSPS) is 23.3. The Labute approximate surface area is 150 Å². The fraction of sp³-hybridized carbons (Fsp3) is 0.391. The van der Waals surface area contributed by atoms with E-state index < -0.39 is 0 Å². The summed E-state index contributed by atoms with van der Waals surface area (Å²) in [6, 6.07) is 19.1. The molecule has 2 aliphatic heterocycles. The second-order valence-corrected chi connectivity index (χ2v) is 7.47. The molecule has 0 spiro atoms. The largest absolute Gasteiger partial charge is 0.289 e. The molecule has 2 aromatic carbocycles. The van der Waals surface area contributed by atoms with Crippen molar-refractivity contribution in [2.24, 2.45) is 0 Å². The minimum Gasteiger partial charge on any atom is -0.289 e. The number of piperidine rings is 1. The van der Waals surface area contributed by atoms with Gasteiger partial charge in [0.25, 0.3) is 0 Å². The Kier molecular flexibility index (Phi) is 4.98. The molecule has 0 amide bonds. The molecule has 2 heteroatoms. The van der Waals surface area contributed by atoms with Crippen molar-refractivity contribution in [3.8, 4) is 0 Å². The average molecular weight is 335 g/mol. The lowest BCUT2D eigenvalue weighted by atomic mass is 9.83. The van der Waals surface area contributed by atoms with Crippen LogP contribution in [0.4, 0.5) is 4.39 Å². The molecule has 1 saturated heterocycles. The molecule has 4 rings (SSSR count). The number of fused-ring (bicyclic) bond motifs is 2. The summed E-state index contributed by atoms with van der Waals surface area (Å²) < 4.78 is 13.0. The minimum absolute atomic E-state index is 0.147. The highest BCUT2D eigenvalue weighted by Crippen LogP contribution is 2.35. The Balaban J connectivity index is 1.42. The van der Waals surface area contributed by atoms with Gasteiger partial charge in [0.15, 0.2) is 0 Å². The van der Waals surface area contributed by atoms with E-state index in [1.54, 1.807) is 17.7 Å².